The first-order valence-electron chi connectivity index (χ1n) is 16.6. The summed E-state index contributed by atoms with van der Waals surface area (Å²) >= 11 is 0. The molecule has 8 rings (SSSR count). The van der Waals surface area contributed by atoms with Crippen LogP contribution in [0.1, 0.15) is 43.2 Å². The summed E-state index contributed by atoms with van der Waals surface area (Å²) in [7, 11) is 6.01. The van der Waals surface area contributed by atoms with Gasteiger partial charge in [-0.15, -0.1) is 0 Å². The molecule has 0 spiro atoms. The quantitative estimate of drug-likeness (QED) is 0.246. The van der Waals surface area contributed by atoms with Gasteiger partial charge in [-0.2, -0.15) is 0 Å². The van der Waals surface area contributed by atoms with E-state index in [4.69, 9.17) is 9.47 Å². The monoisotopic (exact) mass is 594 g/mol. The molecule has 2 aliphatic heterocycles. The van der Waals surface area contributed by atoms with Crippen LogP contribution in [0.15, 0.2) is 103 Å². The average molecular weight is 595 g/mol. The van der Waals surface area contributed by atoms with Gasteiger partial charge in [0.1, 0.15) is 18.1 Å². The second-order valence-corrected chi connectivity index (χ2v) is 13.3. The number of ether oxygens (including phenoxy) is 2. The molecule has 0 radical (unpaired) electrons. The molecule has 4 nitrogen and oxygen atoms in total. The Kier molecular flexibility index (Phi) is 6.97. The number of hydrogen-bond acceptors (Lipinski definition) is 4. The minimum atomic E-state index is -0.271. The Hall–Kier alpha value is -4.44. The van der Waals surface area contributed by atoms with Gasteiger partial charge in [-0.05, 0) is 84.0 Å². The molecule has 4 heteroatoms. The van der Waals surface area contributed by atoms with E-state index in [2.05, 4.69) is 121 Å². The number of allylic oxidation sites excluding steroid dienone is 3. The van der Waals surface area contributed by atoms with Crippen molar-refractivity contribution in [1.29, 1.82) is 0 Å². The Bertz CT molecular complexity index is 1950. The minimum absolute atomic E-state index is 0.146. The fourth-order valence-corrected chi connectivity index (χ4v) is 8.34. The van der Waals surface area contributed by atoms with E-state index >= 15 is 0 Å². The van der Waals surface area contributed by atoms with Gasteiger partial charge in [0.2, 0.25) is 0 Å². The third-order valence-electron chi connectivity index (χ3n) is 10.6. The summed E-state index contributed by atoms with van der Waals surface area (Å²) in [5, 5.41) is 4.96. The van der Waals surface area contributed by atoms with Crippen molar-refractivity contribution in [1.82, 2.24) is 0 Å². The molecular formula is C41H42N2O2. The predicted octanol–water partition coefficient (Wildman–Crippen LogP) is 7.09. The second-order valence-electron chi connectivity index (χ2n) is 13.3. The van der Waals surface area contributed by atoms with Gasteiger partial charge in [-0.3, -0.25) is 0 Å². The largest absolute Gasteiger partial charge is 0.496 e. The van der Waals surface area contributed by atoms with Crippen molar-refractivity contribution in [2.75, 3.05) is 50.7 Å². The van der Waals surface area contributed by atoms with E-state index in [1.807, 2.05) is 7.11 Å². The Balaban J connectivity index is 1.36. The first-order valence-corrected chi connectivity index (χ1v) is 16.6. The third kappa shape index (κ3) is 4.48. The van der Waals surface area contributed by atoms with Crippen molar-refractivity contribution in [3.8, 4) is 5.75 Å². The second kappa shape index (κ2) is 11.2. The third-order valence-corrected chi connectivity index (χ3v) is 10.6. The highest BCUT2D eigenvalue weighted by Crippen LogP contribution is 2.50. The average Bonchev–Trinajstić information content (AvgIpc) is 3.11. The number of nitrogens with zero attached hydrogens (tertiary/aromatic N) is 2. The number of fused-ring (bicyclic) bond motifs is 6. The fraction of sp³-hybridized carbons (Fsp3) is 0.317. The number of rotatable bonds is 5. The van der Waals surface area contributed by atoms with Gasteiger partial charge in [0.15, 0.2) is 0 Å². The molecule has 2 unspecified atom stereocenters. The first-order chi connectivity index (χ1) is 22.1. The van der Waals surface area contributed by atoms with Crippen LogP contribution in [0.3, 0.4) is 0 Å². The van der Waals surface area contributed by atoms with Crippen LogP contribution in [0.25, 0.3) is 22.1 Å². The van der Waals surface area contributed by atoms with Crippen molar-refractivity contribution in [2.24, 2.45) is 5.92 Å². The van der Waals surface area contributed by atoms with Crippen molar-refractivity contribution >= 4 is 33.5 Å². The van der Waals surface area contributed by atoms with Crippen LogP contribution < -0.4 is 25.0 Å². The number of benzene rings is 4. The molecule has 0 bridgehead atoms. The Morgan fingerprint density at radius 2 is 1.67 bits per heavy atom. The molecule has 2 saturated heterocycles. The van der Waals surface area contributed by atoms with Gasteiger partial charge in [-0.1, -0.05) is 72.8 Å². The predicted molar refractivity (Wildman–Crippen MR) is 187 cm³/mol. The Morgan fingerprint density at radius 3 is 2.42 bits per heavy atom. The Labute approximate surface area is 266 Å². The van der Waals surface area contributed by atoms with E-state index in [9.17, 15) is 0 Å². The minimum Gasteiger partial charge on any atom is -0.496 e. The maximum Gasteiger partial charge on any atom is 0.129 e. The maximum atomic E-state index is 7.12. The van der Waals surface area contributed by atoms with Crippen molar-refractivity contribution < 1.29 is 9.47 Å². The summed E-state index contributed by atoms with van der Waals surface area (Å²) in [4.78, 5) is 4.72. The molecule has 4 aromatic carbocycles. The molecule has 2 fully saturated rings. The first kappa shape index (κ1) is 28.1. The number of hydrogen-bond donors (Lipinski definition) is 0. The lowest BCUT2D eigenvalue weighted by Crippen LogP contribution is -2.47. The molecule has 2 aliphatic carbocycles. The normalized spacial score (nSPS) is 22.2. The molecule has 0 aromatic heterocycles. The molecule has 45 heavy (non-hydrogen) atoms. The fourth-order valence-electron chi connectivity index (χ4n) is 8.34. The van der Waals surface area contributed by atoms with E-state index in [1.54, 1.807) is 0 Å². The molecular weight excluding hydrogens is 552 g/mol. The van der Waals surface area contributed by atoms with Gasteiger partial charge in [0.05, 0.1) is 12.5 Å². The standard InChI is InChI=1S/C41H42N2O2/c1-42(2)30-21-19-29(20-22-30)41(28-13-6-4-7-14-28)26-35-31-15-8-9-16-32(31)38-33-17-12-18-36(43-23-10-5-11-24-43)39(33)37(44-3)25-34(38)40(35)45-27-41/h4,6-7,9,12-22,25,35H,5,8,10-11,23-24,26-27H2,1-3H3. The zero-order valence-corrected chi connectivity index (χ0v) is 26.7. The number of piperidine rings is 1. The van der Waals surface area contributed by atoms with Crippen LogP contribution in [0, 0.1) is 5.92 Å². The number of anilines is 2. The SMILES string of the molecule is COc1cc2c(c3cccc(N4CCCCC4)c13)=C1C=CCC=C1C1CC(c3ccccc3)(c3ccc(N(C)C)cc3)COC=21. The molecule has 0 saturated carbocycles. The molecule has 0 amide bonds. The summed E-state index contributed by atoms with van der Waals surface area (Å²) in [5.74, 6) is 2.18. The van der Waals surface area contributed by atoms with Crippen LogP contribution in [0.2, 0.25) is 0 Å². The lowest BCUT2D eigenvalue weighted by atomic mass is 9.64. The molecule has 2 heterocycles. The summed E-state index contributed by atoms with van der Waals surface area (Å²) < 4.78 is 13.3. The lowest BCUT2D eigenvalue weighted by molar-refractivity contribution is 0.136. The van der Waals surface area contributed by atoms with Gasteiger partial charge >= 0.3 is 0 Å². The van der Waals surface area contributed by atoms with Crippen LogP contribution in [-0.4, -0.2) is 40.9 Å². The zero-order valence-electron chi connectivity index (χ0n) is 26.7. The van der Waals surface area contributed by atoms with Crippen LogP contribution >= 0.6 is 0 Å². The van der Waals surface area contributed by atoms with E-state index in [-0.39, 0.29) is 11.3 Å². The molecule has 2 atom stereocenters. The van der Waals surface area contributed by atoms with Gasteiger partial charge < -0.3 is 19.3 Å². The highest BCUT2D eigenvalue weighted by molar-refractivity contribution is 6.02. The van der Waals surface area contributed by atoms with E-state index in [0.717, 1.165) is 37.4 Å². The van der Waals surface area contributed by atoms with E-state index in [1.165, 1.54) is 74.1 Å². The Morgan fingerprint density at radius 1 is 0.889 bits per heavy atom. The smallest absolute Gasteiger partial charge is 0.129 e. The maximum absolute atomic E-state index is 7.12. The molecule has 4 aliphatic rings. The van der Waals surface area contributed by atoms with Gasteiger partial charge in [0, 0.05) is 60.3 Å². The zero-order chi connectivity index (χ0) is 30.5. The van der Waals surface area contributed by atoms with E-state index < -0.39 is 0 Å². The van der Waals surface area contributed by atoms with Crippen LogP contribution in [0.5, 0.6) is 5.75 Å². The summed E-state index contributed by atoms with van der Waals surface area (Å²) in [6.07, 6.45) is 12.8. The van der Waals surface area contributed by atoms with Crippen LogP contribution in [0.4, 0.5) is 11.4 Å². The summed E-state index contributed by atoms with van der Waals surface area (Å²) in [5.41, 5.74) is 7.58. The van der Waals surface area contributed by atoms with Gasteiger partial charge in [-0.25, -0.2) is 0 Å². The molecule has 0 N–H and O–H groups in total. The highest BCUT2D eigenvalue weighted by Gasteiger charge is 2.46. The van der Waals surface area contributed by atoms with Crippen molar-refractivity contribution in [2.45, 2.75) is 37.5 Å². The highest BCUT2D eigenvalue weighted by atomic mass is 16.5. The van der Waals surface area contributed by atoms with Crippen LogP contribution in [-0.2, 0) is 10.2 Å². The van der Waals surface area contributed by atoms with Crippen molar-refractivity contribution in [3.05, 3.63) is 124 Å². The number of methoxy groups -OCH3 is 1. The van der Waals surface area contributed by atoms with Crippen molar-refractivity contribution in [3.63, 3.8) is 0 Å². The van der Waals surface area contributed by atoms with Gasteiger partial charge in [0.25, 0.3) is 0 Å². The summed E-state index contributed by atoms with van der Waals surface area (Å²) in [6.45, 7) is 2.79. The molecule has 4 aromatic rings. The van der Waals surface area contributed by atoms with E-state index in [0.29, 0.717) is 6.61 Å². The topological polar surface area (TPSA) is 24.9 Å². The summed E-state index contributed by atoms with van der Waals surface area (Å²) in [6, 6.07) is 29.2. The lowest BCUT2D eigenvalue weighted by Gasteiger charge is -2.45. The molecule has 228 valence electrons.